The Morgan fingerprint density at radius 3 is 2.77 bits per heavy atom. The van der Waals surface area contributed by atoms with E-state index in [0.29, 0.717) is 17.0 Å². The Morgan fingerprint density at radius 1 is 1.77 bits per heavy atom. The van der Waals surface area contributed by atoms with E-state index in [1.165, 1.54) is 4.73 Å². The topological polar surface area (TPSA) is 70.2 Å². The first-order chi connectivity index (χ1) is 6.07. The van der Waals surface area contributed by atoms with E-state index in [1.807, 2.05) is 0 Å². The summed E-state index contributed by atoms with van der Waals surface area (Å²) < 4.78 is 1.59. The molecule has 0 N–H and O–H groups in total. The van der Waals surface area contributed by atoms with Crippen LogP contribution in [0.25, 0.3) is 0 Å². The SMILES string of the molecule is CCOn1c(Br)nc([N+](=O)[O-])c1C. The minimum atomic E-state index is -0.546. The summed E-state index contributed by atoms with van der Waals surface area (Å²) >= 11 is 3.06. The second-order valence-electron chi connectivity index (χ2n) is 2.26. The van der Waals surface area contributed by atoms with Gasteiger partial charge < -0.3 is 15.0 Å². The van der Waals surface area contributed by atoms with Crippen LogP contribution in [0.1, 0.15) is 12.6 Å². The van der Waals surface area contributed by atoms with Crippen LogP contribution in [-0.2, 0) is 0 Å². The van der Waals surface area contributed by atoms with Crippen molar-refractivity contribution in [1.82, 2.24) is 9.71 Å². The minimum Gasteiger partial charge on any atom is -0.410 e. The predicted molar refractivity (Wildman–Crippen MR) is 48.4 cm³/mol. The quantitative estimate of drug-likeness (QED) is 0.599. The molecule has 1 heterocycles. The Kier molecular flexibility index (Phi) is 2.86. The fourth-order valence-corrected chi connectivity index (χ4v) is 1.43. The van der Waals surface area contributed by atoms with Crippen molar-refractivity contribution >= 4 is 21.7 Å². The molecular weight excluding hydrogens is 242 g/mol. The summed E-state index contributed by atoms with van der Waals surface area (Å²) in [5, 5.41) is 10.4. The number of imidazole rings is 1. The smallest absolute Gasteiger partial charge is 0.389 e. The summed E-state index contributed by atoms with van der Waals surface area (Å²) in [6.07, 6.45) is 0. The van der Waals surface area contributed by atoms with E-state index >= 15 is 0 Å². The maximum absolute atomic E-state index is 10.4. The molecule has 0 aliphatic carbocycles. The van der Waals surface area contributed by atoms with Gasteiger partial charge in [0.25, 0.3) is 0 Å². The molecule has 0 fully saturated rings. The number of halogens is 1. The summed E-state index contributed by atoms with van der Waals surface area (Å²) in [4.78, 5) is 18.7. The van der Waals surface area contributed by atoms with Gasteiger partial charge in [0.05, 0.1) is 0 Å². The number of hydrogen-bond acceptors (Lipinski definition) is 4. The van der Waals surface area contributed by atoms with E-state index in [0.717, 1.165) is 0 Å². The van der Waals surface area contributed by atoms with Crippen LogP contribution in [-0.4, -0.2) is 21.2 Å². The summed E-state index contributed by atoms with van der Waals surface area (Å²) in [7, 11) is 0. The van der Waals surface area contributed by atoms with Crippen LogP contribution in [0.4, 0.5) is 5.82 Å². The van der Waals surface area contributed by atoms with Gasteiger partial charge in [-0.2, -0.15) is 0 Å². The van der Waals surface area contributed by atoms with Gasteiger partial charge in [-0.3, -0.25) is 0 Å². The molecule has 1 aromatic heterocycles. The van der Waals surface area contributed by atoms with Crippen molar-refractivity contribution in [3.05, 3.63) is 20.5 Å². The molecular formula is C6H8BrN3O3. The molecule has 0 aromatic carbocycles. The van der Waals surface area contributed by atoms with Gasteiger partial charge in [-0.05, 0) is 23.8 Å². The highest BCUT2D eigenvalue weighted by atomic mass is 79.9. The largest absolute Gasteiger partial charge is 0.410 e. The highest BCUT2D eigenvalue weighted by molar-refractivity contribution is 9.10. The van der Waals surface area contributed by atoms with Gasteiger partial charge in [0.1, 0.15) is 6.61 Å². The normalized spacial score (nSPS) is 10.1. The lowest BCUT2D eigenvalue weighted by Gasteiger charge is -2.02. The molecule has 1 aromatic rings. The van der Waals surface area contributed by atoms with E-state index in [1.54, 1.807) is 13.8 Å². The minimum absolute atomic E-state index is 0.194. The average Bonchev–Trinajstić information content (AvgIpc) is 2.32. The number of nitrogens with zero attached hydrogens (tertiary/aromatic N) is 3. The number of hydrogen-bond donors (Lipinski definition) is 0. The van der Waals surface area contributed by atoms with Crippen LogP contribution in [0.2, 0.25) is 0 Å². The summed E-state index contributed by atoms with van der Waals surface area (Å²) in [5.41, 5.74) is 0.374. The standard InChI is InChI=1S/C6H8BrN3O3/c1-3-13-9-4(2)5(10(11)12)8-6(9)7/h3H2,1-2H3. The van der Waals surface area contributed by atoms with Crippen LogP contribution in [0, 0.1) is 17.0 Å². The van der Waals surface area contributed by atoms with Gasteiger partial charge in [-0.15, -0.1) is 4.73 Å². The zero-order chi connectivity index (χ0) is 10.0. The van der Waals surface area contributed by atoms with Crippen molar-refractivity contribution in [1.29, 1.82) is 0 Å². The van der Waals surface area contributed by atoms with Crippen molar-refractivity contribution < 1.29 is 9.76 Å². The van der Waals surface area contributed by atoms with E-state index in [9.17, 15) is 10.1 Å². The summed E-state index contributed by atoms with van der Waals surface area (Å²) in [6, 6.07) is 0. The Balaban J connectivity index is 3.14. The number of rotatable bonds is 3. The molecule has 0 saturated carbocycles. The van der Waals surface area contributed by atoms with Gasteiger partial charge in [0, 0.05) is 15.9 Å². The Labute approximate surface area is 82.8 Å². The Bertz CT molecular complexity index is 336. The third-order valence-corrected chi connectivity index (χ3v) is 1.92. The summed E-state index contributed by atoms with van der Waals surface area (Å²) in [5.74, 6) is -0.194. The molecule has 0 aliphatic rings. The van der Waals surface area contributed by atoms with Crippen molar-refractivity contribution in [2.45, 2.75) is 13.8 Å². The van der Waals surface area contributed by atoms with Gasteiger partial charge in [-0.25, -0.2) is 0 Å². The summed E-state index contributed by atoms with van der Waals surface area (Å²) in [6.45, 7) is 3.79. The maximum Gasteiger partial charge on any atom is 0.389 e. The van der Waals surface area contributed by atoms with Crippen molar-refractivity contribution in [3.63, 3.8) is 0 Å². The second-order valence-corrected chi connectivity index (χ2v) is 2.97. The van der Waals surface area contributed by atoms with Gasteiger partial charge in [0.15, 0.2) is 5.69 Å². The third kappa shape index (κ3) is 1.80. The predicted octanol–water partition coefficient (Wildman–Crippen LogP) is 1.31. The molecule has 6 nitrogen and oxygen atoms in total. The van der Waals surface area contributed by atoms with E-state index < -0.39 is 4.92 Å². The fourth-order valence-electron chi connectivity index (χ4n) is 0.895. The third-order valence-electron chi connectivity index (χ3n) is 1.43. The molecule has 0 unspecified atom stereocenters. The lowest BCUT2D eigenvalue weighted by atomic mass is 10.5. The van der Waals surface area contributed by atoms with Gasteiger partial charge in [-0.1, -0.05) is 0 Å². The molecule has 0 radical (unpaired) electrons. The van der Waals surface area contributed by atoms with Crippen molar-refractivity contribution in [2.24, 2.45) is 0 Å². The Hall–Kier alpha value is -1.11. The van der Waals surface area contributed by atoms with Crippen LogP contribution in [0.15, 0.2) is 4.73 Å². The van der Waals surface area contributed by atoms with Crippen LogP contribution < -0.4 is 4.84 Å². The first kappa shape index (κ1) is 9.97. The second kappa shape index (κ2) is 3.73. The first-order valence-corrected chi connectivity index (χ1v) is 4.39. The van der Waals surface area contributed by atoms with Crippen molar-refractivity contribution in [2.75, 3.05) is 6.61 Å². The molecule has 1 rings (SSSR count). The van der Waals surface area contributed by atoms with Crippen LogP contribution >= 0.6 is 15.9 Å². The van der Waals surface area contributed by atoms with Crippen molar-refractivity contribution in [3.8, 4) is 0 Å². The fraction of sp³-hybridized carbons (Fsp3) is 0.500. The molecule has 13 heavy (non-hydrogen) atoms. The van der Waals surface area contributed by atoms with Crippen LogP contribution in [0.3, 0.4) is 0 Å². The molecule has 0 atom stereocenters. The lowest BCUT2D eigenvalue weighted by Crippen LogP contribution is -2.12. The number of aromatic nitrogens is 2. The average molecular weight is 250 g/mol. The Morgan fingerprint density at radius 2 is 2.38 bits per heavy atom. The zero-order valence-corrected chi connectivity index (χ0v) is 8.74. The molecule has 72 valence electrons. The maximum atomic E-state index is 10.4. The molecule has 0 saturated heterocycles. The van der Waals surface area contributed by atoms with E-state index in [2.05, 4.69) is 20.9 Å². The number of nitro groups is 1. The molecule has 0 bridgehead atoms. The monoisotopic (exact) mass is 249 g/mol. The van der Waals surface area contributed by atoms with Crippen LogP contribution in [0.5, 0.6) is 0 Å². The van der Waals surface area contributed by atoms with E-state index in [-0.39, 0.29) is 5.82 Å². The highest BCUT2D eigenvalue weighted by Crippen LogP contribution is 2.20. The molecule has 0 aliphatic heterocycles. The highest BCUT2D eigenvalue weighted by Gasteiger charge is 2.23. The molecule has 7 heteroatoms. The molecule has 0 amide bonds. The molecule has 0 spiro atoms. The first-order valence-electron chi connectivity index (χ1n) is 3.60. The van der Waals surface area contributed by atoms with Gasteiger partial charge in [0.2, 0.25) is 0 Å². The lowest BCUT2D eigenvalue weighted by molar-refractivity contribution is -0.390. The zero-order valence-electron chi connectivity index (χ0n) is 7.15. The van der Waals surface area contributed by atoms with Gasteiger partial charge >= 0.3 is 10.6 Å². The van der Waals surface area contributed by atoms with E-state index in [4.69, 9.17) is 4.84 Å².